The number of phenolic OH excluding ortho intramolecular Hbond substituents is 1. The van der Waals surface area contributed by atoms with Gasteiger partial charge in [0.1, 0.15) is 18.3 Å². The van der Waals surface area contributed by atoms with Gasteiger partial charge >= 0.3 is 0 Å². The van der Waals surface area contributed by atoms with Crippen molar-refractivity contribution in [2.24, 2.45) is 0 Å². The molecule has 0 aliphatic carbocycles. The molecule has 0 saturated carbocycles. The number of hydrogen-bond acceptors (Lipinski definition) is 2. The number of allylic oxidation sites excluding steroid dienone is 1. The Labute approximate surface area is 77.8 Å². The van der Waals surface area contributed by atoms with Crippen LogP contribution in [0.1, 0.15) is 5.56 Å². The summed E-state index contributed by atoms with van der Waals surface area (Å²) in [7, 11) is 0. The predicted molar refractivity (Wildman–Crippen MR) is 52.2 cm³/mol. The summed E-state index contributed by atoms with van der Waals surface area (Å²) in [5, 5.41) is 9.19. The number of aromatic hydroxyl groups is 1. The molecule has 1 aliphatic rings. The van der Waals surface area contributed by atoms with Crippen LogP contribution >= 0.6 is 0 Å². The van der Waals surface area contributed by atoms with E-state index in [2.05, 4.69) is 11.3 Å². The average molecular weight is 176 g/mol. The van der Waals surface area contributed by atoms with Crippen molar-refractivity contribution in [2.45, 2.75) is 6.42 Å². The molecule has 0 amide bonds. The topological polar surface area (TPSA) is 32.8 Å². The van der Waals surface area contributed by atoms with Gasteiger partial charge in [0.05, 0.1) is 0 Å². The van der Waals surface area contributed by atoms with Gasteiger partial charge in [-0.2, -0.15) is 0 Å². The smallest absolute Gasteiger partial charge is 0.125 e. The van der Waals surface area contributed by atoms with Gasteiger partial charge in [0.15, 0.2) is 0 Å². The molecular weight excluding hydrogens is 164 g/mol. The molecule has 13 heavy (non-hydrogen) atoms. The van der Waals surface area contributed by atoms with Crippen LogP contribution in [0.5, 0.6) is 5.75 Å². The van der Waals surface area contributed by atoms with E-state index in [1.165, 1.54) is 0 Å². The molecule has 0 spiro atoms. The molecule has 0 fully saturated rings. The monoisotopic (exact) mass is 176 g/mol. The van der Waals surface area contributed by atoms with Crippen LogP contribution in [0, 0.1) is 0 Å². The quantitative estimate of drug-likeness (QED) is 0.702. The minimum absolute atomic E-state index is 0.349. The predicted octanol–water partition coefficient (Wildman–Crippen LogP) is 2.61. The van der Waals surface area contributed by atoms with Crippen LogP contribution in [-0.2, 0) is 11.2 Å². The van der Waals surface area contributed by atoms with E-state index >= 15 is 0 Å². The van der Waals surface area contributed by atoms with E-state index in [-0.39, 0.29) is 0 Å². The first kappa shape index (κ1) is 9.39. The maximum Gasteiger partial charge on any atom is 0.125 e. The Hall–Kier alpha value is -1.70. The van der Waals surface area contributed by atoms with Crippen molar-refractivity contribution in [1.29, 1.82) is 0 Å². The molecule has 0 unspecified atom stereocenters. The molecule has 1 aromatic rings. The minimum Gasteiger partial charge on any atom is -0.508 e. The summed E-state index contributed by atoms with van der Waals surface area (Å²) in [5.41, 5.74) is 0.928. The molecule has 1 heterocycles. The van der Waals surface area contributed by atoms with Crippen LogP contribution in [0.3, 0.4) is 0 Å². The van der Waals surface area contributed by atoms with Gasteiger partial charge < -0.3 is 9.84 Å². The van der Waals surface area contributed by atoms with Crippen molar-refractivity contribution < 1.29 is 9.84 Å². The lowest BCUT2D eigenvalue weighted by molar-refractivity contribution is 0.470. The van der Waals surface area contributed by atoms with Gasteiger partial charge in [-0.25, -0.2) is 0 Å². The van der Waals surface area contributed by atoms with Gasteiger partial charge in [-0.1, -0.05) is 24.3 Å². The van der Waals surface area contributed by atoms with Crippen molar-refractivity contribution in [3.8, 4) is 5.75 Å². The first-order chi connectivity index (χ1) is 6.34. The highest BCUT2D eigenvalue weighted by atomic mass is 16.5. The van der Waals surface area contributed by atoms with E-state index in [0.717, 1.165) is 12.0 Å². The van der Waals surface area contributed by atoms with E-state index < -0.39 is 0 Å². The summed E-state index contributed by atoms with van der Waals surface area (Å²) < 4.78 is 4.25. The van der Waals surface area contributed by atoms with E-state index in [0.29, 0.717) is 5.75 Å². The summed E-state index contributed by atoms with van der Waals surface area (Å²) in [4.78, 5) is 0. The molecule has 68 valence electrons. The lowest BCUT2D eigenvalue weighted by Gasteiger charge is -1.97. The molecule has 0 atom stereocenters. The molecule has 1 N–H and O–H groups in total. The van der Waals surface area contributed by atoms with Crippen molar-refractivity contribution in [3.63, 3.8) is 0 Å². The maximum absolute atomic E-state index is 9.19. The normalized spacial score (nSPS) is 10.8. The Morgan fingerprint density at radius 1 is 1.31 bits per heavy atom. The highest BCUT2D eigenvalue weighted by molar-refractivity contribution is 5.32. The lowest BCUT2D eigenvalue weighted by Crippen LogP contribution is -1.79. The SMILES string of the molecule is C1=CO1.C=CCc1ccccc1O. The van der Waals surface area contributed by atoms with Crippen LogP contribution in [0.15, 0.2) is 49.4 Å². The summed E-state index contributed by atoms with van der Waals surface area (Å²) in [6.07, 6.45) is 5.75. The Morgan fingerprint density at radius 2 is 1.92 bits per heavy atom. The second-order valence-electron chi connectivity index (χ2n) is 2.53. The zero-order valence-electron chi connectivity index (χ0n) is 7.31. The second kappa shape index (κ2) is 5.04. The molecule has 0 saturated heterocycles. The number of para-hydroxylation sites is 1. The van der Waals surface area contributed by atoms with E-state index in [4.69, 9.17) is 0 Å². The van der Waals surface area contributed by atoms with Gasteiger partial charge in [-0.05, 0) is 18.1 Å². The lowest BCUT2D eigenvalue weighted by atomic mass is 10.1. The number of hydrogen-bond donors (Lipinski definition) is 1. The third-order valence-corrected chi connectivity index (χ3v) is 1.49. The summed E-state index contributed by atoms with van der Waals surface area (Å²) in [6.45, 7) is 3.59. The van der Waals surface area contributed by atoms with Gasteiger partial charge in [0.2, 0.25) is 0 Å². The van der Waals surface area contributed by atoms with Crippen molar-refractivity contribution in [2.75, 3.05) is 0 Å². The summed E-state index contributed by atoms with van der Waals surface area (Å²) >= 11 is 0. The highest BCUT2D eigenvalue weighted by Gasteiger charge is 1.93. The minimum atomic E-state index is 0.349. The molecule has 0 radical (unpaired) electrons. The third-order valence-electron chi connectivity index (χ3n) is 1.49. The fraction of sp³-hybridized carbons (Fsp3) is 0.0909. The fourth-order valence-corrected chi connectivity index (χ4v) is 0.839. The number of ether oxygens (including phenoxy) is 1. The molecule has 1 aromatic carbocycles. The first-order valence-electron chi connectivity index (χ1n) is 4.03. The molecule has 0 aromatic heterocycles. The van der Waals surface area contributed by atoms with Gasteiger partial charge in [-0.3, -0.25) is 0 Å². The molecule has 2 rings (SSSR count). The summed E-state index contributed by atoms with van der Waals surface area (Å²) in [6, 6.07) is 7.27. The molecular formula is C11H12O2. The molecule has 0 bridgehead atoms. The van der Waals surface area contributed by atoms with E-state index in [9.17, 15) is 5.11 Å². The third kappa shape index (κ3) is 4.01. The number of phenols is 1. The van der Waals surface area contributed by atoms with E-state index in [1.807, 2.05) is 18.2 Å². The second-order valence-corrected chi connectivity index (χ2v) is 2.53. The Morgan fingerprint density at radius 3 is 2.38 bits per heavy atom. The van der Waals surface area contributed by atoms with Gasteiger partial charge in [-0.15, -0.1) is 6.58 Å². The Balaban J connectivity index is 0.000000236. The van der Waals surface area contributed by atoms with E-state index in [1.54, 1.807) is 24.7 Å². The van der Waals surface area contributed by atoms with Crippen molar-refractivity contribution in [3.05, 3.63) is 55.0 Å². The maximum atomic E-state index is 9.19. The van der Waals surface area contributed by atoms with Crippen LogP contribution in [0.2, 0.25) is 0 Å². The largest absolute Gasteiger partial charge is 0.508 e. The van der Waals surface area contributed by atoms with Crippen LogP contribution in [-0.4, -0.2) is 5.11 Å². The molecule has 2 heteroatoms. The van der Waals surface area contributed by atoms with Crippen molar-refractivity contribution in [1.82, 2.24) is 0 Å². The van der Waals surface area contributed by atoms with Crippen molar-refractivity contribution >= 4 is 0 Å². The zero-order chi connectivity index (χ0) is 9.52. The van der Waals surface area contributed by atoms with Crippen LogP contribution in [0.25, 0.3) is 0 Å². The average Bonchev–Trinajstić information content (AvgIpc) is 2.95. The Kier molecular flexibility index (Phi) is 3.64. The van der Waals surface area contributed by atoms with Gasteiger partial charge in [0.25, 0.3) is 0 Å². The van der Waals surface area contributed by atoms with Gasteiger partial charge in [0, 0.05) is 0 Å². The van der Waals surface area contributed by atoms with Crippen LogP contribution in [0.4, 0.5) is 0 Å². The first-order valence-corrected chi connectivity index (χ1v) is 4.03. The number of rotatable bonds is 2. The molecule has 2 nitrogen and oxygen atoms in total. The molecule has 1 aliphatic heterocycles. The highest BCUT2D eigenvalue weighted by Crippen LogP contribution is 2.15. The fourth-order valence-electron chi connectivity index (χ4n) is 0.839. The standard InChI is InChI=1S/C9H10O.C2H2O/c1-2-5-8-6-3-4-7-9(8)10;1-2-3-1/h2-4,6-7,10H,1,5H2;1-2H. The summed E-state index contributed by atoms with van der Waals surface area (Å²) in [5.74, 6) is 0.349. The Bertz CT molecular complexity index is 299. The zero-order valence-corrected chi connectivity index (χ0v) is 7.31. The van der Waals surface area contributed by atoms with Crippen LogP contribution < -0.4 is 0 Å². The number of benzene rings is 1.